The number of esters is 1. The molecule has 2 rings (SSSR count). The van der Waals surface area contributed by atoms with Crippen molar-refractivity contribution in [3.8, 4) is 0 Å². The van der Waals surface area contributed by atoms with E-state index in [1.807, 2.05) is 64.1 Å². The van der Waals surface area contributed by atoms with Crippen LogP contribution in [0, 0.1) is 0 Å². The van der Waals surface area contributed by atoms with Crippen molar-refractivity contribution in [3.63, 3.8) is 0 Å². The molecule has 0 radical (unpaired) electrons. The van der Waals surface area contributed by atoms with Gasteiger partial charge in [0.2, 0.25) is 0 Å². The fraction of sp³-hybridized carbons (Fsp3) is 0.389. The topological polar surface area (TPSA) is 35.5 Å². The molecule has 3 heteroatoms. The lowest BCUT2D eigenvalue weighted by Gasteiger charge is -2.25. The van der Waals surface area contributed by atoms with Crippen molar-refractivity contribution in [2.45, 2.75) is 45.8 Å². The van der Waals surface area contributed by atoms with Crippen molar-refractivity contribution in [2.75, 3.05) is 0 Å². The van der Waals surface area contributed by atoms with E-state index < -0.39 is 5.60 Å². The van der Waals surface area contributed by atoms with Crippen molar-refractivity contribution < 1.29 is 14.3 Å². The van der Waals surface area contributed by atoms with Crippen LogP contribution in [0.1, 0.15) is 39.7 Å². The quantitative estimate of drug-likeness (QED) is 0.768. The first-order chi connectivity index (χ1) is 9.83. The SMILES string of the molecule is CC1CC(C(=O)OC(C)(C)C)=CC(=Cc2ccccc2)O1. The van der Waals surface area contributed by atoms with Gasteiger partial charge in [0.1, 0.15) is 17.5 Å². The number of rotatable bonds is 2. The van der Waals surface area contributed by atoms with Crippen LogP contribution < -0.4 is 0 Å². The van der Waals surface area contributed by atoms with Crippen LogP contribution in [-0.4, -0.2) is 17.7 Å². The van der Waals surface area contributed by atoms with Crippen molar-refractivity contribution in [1.82, 2.24) is 0 Å². The monoisotopic (exact) mass is 286 g/mol. The normalized spacial score (nSPS) is 20.7. The number of allylic oxidation sites excluding steroid dienone is 1. The van der Waals surface area contributed by atoms with Gasteiger partial charge in [-0.15, -0.1) is 0 Å². The summed E-state index contributed by atoms with van der Waals surface area (Å²) in [4.78, 5) is 12.2. The third kappa shape index (κ3) is 4.78. The molecule has 1 aliphatic rings. The smallest absolute Gasteiger partial charge is 0.334 e. The van der Waals surface area contributed by atoms with Gasteiger partial charge in [-0.25, -0.2) is 4.79 Å². The molecule has 0 saturated carbocycles. The van der Waals surface area contributed by atoms with Gasteiger partial charge < -0.3 is 9.47 Å². The van der Waals surface area contributed by atoms with Crippen LogP contribution in [0.5, 0.6) is 0 Å². The molecule has 1 aromatic carbocycles. The molecule has 112 valence electrons. The van der Waals surface area contributed by atoms with Crippen LogP contribution in [0.15, 0.2) is 47.7 Å². The molecule has 1 heterocycles. The van der Waals surface area contributed by atoms with E-state index in [1.54, 1.807) is 6.08 Å². The van der Waals surface area contributed by atoms with Crippen LogP contribution in [-0.2, 0) is 14.3 Å². The van der Waals surface area contributed by atoms with E-state index in [4.69, 9.17) is 9.47 Å². The second-order valence-electron chi connectivity index (χ2n) is 6.26. The third-order valence-corrected chi connectivity index (χ3v) is 2.93. The van der Waals surface area contributed by atoms with Crippen molar-refractivity contribution in [3.05, 3.63) is 53.3 Å². The maximum atomic E-state index is 12.2. The molecular weight excluding hydrogens is 264 g/mol. The first-order valence-electron chi connectivity index (χ1n) is 7.21. The van der Waals surface area contributed by atoms with E-state index in [-0.39, 0.29) is 12.1 Å². The fourth-order valence-corrected chi connectivity index (χ4v) is 2.12. The molecule has 1 atom stereocenters. The highest BCUT2D eigenvalue weighted by Crippen LogP contribution is 2.25. The molecule has 1 aromatic rings. The average molecular weight is 286 g/mol. The lowest BCUT2D eigenvalue weighted by molar-refractivity contribution is -0.150. The molecule has 0 saturated heterocycles. The summed E-state index contributed by atoms with van der Waals surface area (Å²) < 4.78 is 11.2. The lowest BCUT2D eigenvalue weighted by atomic mass is 10.0. The van der Waals surface area contributed by atoms with Crippen LogP contribution in [0.2, 0.25) is 0 Å². The fourth-order valence-electron chi connectivity index (χ4n) is 2.12. The Morgan fingerprint density at radius 3 is 2.57 bits per heavy atom. The van der Waals surface area contributed by atoms with E-state index in [0.29, 0.717) is 17.8 Å². The van der Waals surface area contributed by atoms with Gasteiger partial charge in [0.15, 0.2) is 0 Å². The van der Waals surface area contributed by atoms with Gasteiger partial charge in [-0.3, -0.25) is 0 Å². The predicted molar refractivity (Wildman–Crippen MR) is 83.5 cm³/mol. The largest absolute Gasteiger partial charge is 0.490 e. The number of ether oxygens (including phenoxy) is 2. The molecule has 0 aromatic heterocycles. The number of benzene rings is 1. The second-order valence-corrected chi connectivity index (χ2v) is 6.26. The van der Waals surface area contributed by atoms with Gasteiger partial charge in [0.25, 0.3) is 0 Å². The first kappa shape index (κ1) is 15.4. The molecule has 1 aliphatic heterocycles. The molecule has 0 spiro atoms. The molecule has 1 unspecified atom stereocenters. The summed E-state index contributed by atoms with van der Waals surface area (Å²) >= 11 is 0. The maximum Gasteiger partial charge on any atom is 0.334 e. The highest BCUT2D eigenvalue weighted by molar-refractivity contribution is 5.90. The van der Waals surface area contributed by atoms with Crippen molar-refractivity contribution in [1.29, 1.82) is 0 Å². The minimum Gasteiger partial charge on any atom is -0.490 e. The summed E-state index contributed by atoms with van der Waals surface area (Å²) in [5.74, 6) is 0.428. The first-order valence-corrected chi connectivity index (χ1v) is 7.21. The number of hydrogen-bond acceptors (Lipinski definition) is 3. The van der Waals surface area contributed by atoms with Crippen molar-refractivity contribution >= 4 is 12.0 Å². The highest BCUT2D eigenvalue weighted by Gasteiger charge is 2.25. The zero-order chi connectivity index (χ0) is 15.5. The van der Waals surface area contributed by atoms with Gasteiger partial charge in [0.05, 0.1) is 0 Å². The van der Waals surface area contributed by atoms with Crippen LogP contribution in [0.25, 0.3) is 6.08 Å². The number of carbonyl (C=O) groups is 1. The van der Waals surface area contributed by atoms with Gasteiger partial charge in [-0.1, -0.05) is 30.3 Å². The Labute approximate surface area is 126 Å². The predicted octanol–water partition coefficient (Wildman–Crippen LogP) is 4.10. The lowest BCUT2D eigenvalue weighted by Crippen LogP contribution is -2.27. The summed E-state index contributed by atoms with van der Waals surface area (Å²) in [5, 5.41) is 0. The number of carbonyl (C=O) groups excluding carboxylic acids is 1. The molecule has 3 nitrogen and oxygen atoms in total. The number of hydrogen-bond donors (Lipinski definition) is 0. The van der Waals surface area contributed by atoms with Crippen molar-refractivity contribution in [2.24, 2.45) is 0 Å². The minimum atomic E-state index is -0.483. The van der Waals surface area contributed by atoms with E-state index in [9.17, 15) is 4.79 Å². The van der Waals surface area contributed by atoms with E-state index >= 15 is 0 Å². The van der Waals surface area contributed by atoms with Gasteiger partial charge in [0, 0.05) is 12.0 Å². The standard InChI is InChI=1S/C18H22O3/c1-13-10-15(17(19)21-18(2,3)4)12-16(20-13)11-14-8-6-5-7-9-14/h5-9,11-13H,10H2,1-4H3. The van der Waals surface area contributed by atoms with Crippen LogP contribution in [0.3, 0.4) is 0 Å². The Morgan fingerprint density at radius 1 is 1.29 bits per heavy atom. The molecule has 0 amide bonds. The Kier molecular flexibility index (Phi) is 4.51. The Bertz CT molecular complexity index is 562. The van der Waals surface area contributed by atoms with Crippen LogP contribution >= 0.6 is 0 Å². The molecule has 0 fully saturated rings. The third-order valence-electron chi connectivity index (χ3n) is 2.93. The van der Waals surface area contributed by atoms with E-state index in [0.717, 1.165) is 5.56 Å². The highest BCUT2D eigenvalue weighted by atomic mass is 16.6. The van der Waals surface area contributed by atoms with Crippen LogP contribution in [0.4, 0.5) is 0 Å². The summed E-state index contributed by atoms with van der Waals surface area (Å²) in [6.45, 7) is 7.56. The zero-order valence-corrected chi connectivity index (χ0v) is 13.1. The molecule has 0 N–H and O–H groups in total. The van der Waals surface area contributed by atoms with Gasteiger partial charge in [-0.05, 0) is 45.4 Å². The second kappa shape index (κ2) is 6.17. The van der Waals surface area contributed by atoms with E-state index in [1.165, 1.54) is 0 Å². The zero-order valence-electron chi connectivity index (χ0n) is 13.1. The minimum absolute atomic E-state index is 0.0347. The Morgan fingerprint density at radius 2 is 1.95 bits per heavy atom. The summed E-state index contributed by atoms with van der Waals surface area (Å²) in [6.07, 6.45) is 4.25. The molecule has 0 bridgehead atoms. The Balaban J connectivity index is 2.22. The Hall–Kier alpha value is -2.03. The van der Waals surface area contributed by atoms with Gasteiger partial charge in [-0.2, -0.15) is 0 Å². The van der Waals surface area contributed by atoms with Gasteiger partial charge >= 0.3 is 5.97 Å². The maximum absolute atomic E-state index is 12.2. The molecule has 0 aliphatic carbocycles. The molecular formula is C18H22O3. The summed E-state index contributed by atoms with van der Waals surface area (Å²) in [5.41, 5.74) is 1.22. The summed E-state index contributed by atoms with van der Waals surface area (Å²) in [6, 6.07) is 9.90. The molecule has 21 heavy (non-hydrogen) atoms. The summed E-state index contributed by atoms with van der Waals surface area (Å²) in [7, 11) is 0. The average Bonchev–Trinajstić information content (AvgIpc) is 2.37. The van der Waals surface area contributed by atoms with E-state index in [2.05, 4.69) is 0 Å².